The maximum atomic E-state index is 12.8. The molecule has 0 atom stereocenters. The van der Waals surface area contributed by atoms with Crippen molar-refractivity contribution in [3.63, 3.8) is 0 Å². The predicted octanol–water partition coefficient (Wildman–Crippen LogP) is 3.50. The van der Waals surface area contributed by atoms with Crippen LogP contribution in [0.5, 0.6) is 0 Å². The Morgan fingerprint density at radius 1 is 1.09 bits per heavy atom. The van der Waals surface area contributed by atoms with Gasteiger partial charge in [-0.05, 0) is 48.7 Å². The van der Waals surface area contributed by atoms with E-state index < -0.39 is 11.3 Å². The normalized spacial score (nSPS) is 15.5. The van der Waals surface area contributed by atoms with Crippen molar-refractivity contribution in [2.24, 2.45) is 5.73 Å². The Balaban J connectivity index is 1.85. The number of nitrogens with two attached hydrogens (primary N) is 1. The van der Waals surface area contributed by atoms with Crippen LogP contribution in [0.1, 0.15) is 35.2 Å². The largest absolute Gasteiger partial charge is 0.366 e. The summed E-state index contributed by atoms with van der Waals surface area (Å²) in [6.45, 7) is 0. The average Bonchev–Trinajstić information content (AvgIpc) is 2.48. The standard InChI is InChI=1S/C18H17ClN2O2/c19-14-7-5-13(6-8-14)18(9-2-10-18)17(23)21-15-4-1-3-12(11-15)16(20)22/h1,3-8,11H,2,9-10H2,(H2,20,22)(H,21,23). The highest BCUT2D eigenvalue weighted by atomic mass is 35.5. The fraction of sp³-hybridized carbons (Fsp3) is 0.222. The summed E-state index contributed by atoms with van der Waals surface area (Å²) in [5, 5.41) is 3.56. The number of amides is 2. The second-order valence-corrected chi connectivity index (χ2v) is 6.28. The Morgan fingerprint density at radius 2 is 1.78 bits per heavy atom. The van der Waals surface area contributed by atoms with E-state index in [1.165, 1.54) is 0 Å². The minimum absolute atomic E-state index is 0.0623. The first-order valence-electron chi connectivity index (χ1n) is 7.49. The monoisotopic (exact) mass is 328 g/mol. The summed E-state index contributed by atoms with van der Waals surface area (Å²) in [5.41, 5.74) is 6.67. The molecule has 1 saturated carbocycles. The molecule has 1 aliphatic rings. The number of carbonyl (C=O) groups is 2. The van der Waals surface area contributed by atoms with Gasteiger partial charge in [-0.25, -0.2) is 0 Å². The van der Waals surface area contributed by atoms with Gasteiger partial charge in [-0.1, -0.05) is 36.2 Å². The smallest absolute Gasteiger partial charge is 0.248 e. The van der Waals surface area contributed by atoms with Crippen molar-refractivity contribution < 1.29 is 9.59 Å². The number of rotatable bonds is 4. The summed E-state index contributed by atoms with van der Waals surface area (Å²) in [6.07, 6.45) is 2.61. The van der Waals surface area contributed by atoms with Gasteiger partial charge in [0.2, 0.25) is 11.8 Å². The number of primary amides is 1. The second-order valence-electron chi connectivity index (χ2n) is 5.84. The summed E-state index contributed by atoms with van der Waals surface area (Å²) in [5.74, 6) is -0.579. The Labute approximate surface area is 139 Å². The van der Waals surface area contributed by atoms with Gasteiger partial charge < -0.3 is 11.1 Å². The van der Waals surface area contributed by atoms with Crippen LogP contribution < -0.4 is 11.1 Å². The van der Waals surface area contributed by atoms with Crippen LogP contribution >= 0.6 is 11.6 Å². The van der Waals surface area contributed by atoms with Gasteiger partial charge in [0.15, 0.2) is 0 Å². The van der Waals surface area contributed by atoms with Gasteiger partial charge >= 0.3 is 0 Å². The van der Waals surface area contributed by atoms with Crippen molar-refractivity contribution in [1.29, 1.82) is 0 Å². The lowest BCUT2D eigenvalue weighted by Crippen LogP contribution is -2.46. The summed E-state index contributed by atoms with van der Waals surface area (Å²) in [6, 6.07) is 14.1. The molecule has 3 N–H and O–H groups in total. The number of nitrogens with one attached hydrogen (secondary N) is 1. The van der Waals surface area contributed by atoms with E-state index in [-0.39, 0.29) is 5.91 Å². The Bertz CT molecular complexity index is 752. The van der Waals surface area contributed by atoms with Crippen LogP contribution in [0.4, 0.5) is 5.69 Å². The maximum absolute atomic E-state index is 12.8. The maximum Gasteiger partial charge on any atom is 0.248 e. The third-order valence-electron chi connectivity index (χ3n) is 4.44. The van der Waals surface area contributed by atoms with E-state index in [0.717, 1.165) is 24.8 Å². The quantitative estimate of drug-likeness (QED) is 0.901. The highest BCUT2D eigenvalue weighted by Gasteiger charge is 2.45. The molecule has 2 aromatic carbocycles. The summed E-state index contributed by atoms with van der Waals surface area (Å²) in [4.78, 5) is 24.1. The molecule has 1 fully saturated rings. The minimum Gasteiger partial charge on any atom is -0.366 e. The second kappa shape index (κ2) is 6.05. The van der Waals surface area contributed by atoms with Gasteiger partial charge in [0.25, 0.3) is 0 Å². The zero-order chi connectivity index (χ0) is 16.4. The first-order chi connectivity index (χ1) is 11.0. The number of hydrogen-bond donors (Lipinski definition) is 2. The molecule has 0 radical (unpaired) electrons. The van der Waals surface area contributed by atoms with Gasteiger partial charge in [-0.15, -0.1) is 0 Å². The van der Waals surface area contributed by atoms with Crippen molar-refractivity contribution in [3.05, 3.63) is 64.7 Å². The van der Waals surface area contributed by atoms with E-state index in [1.54, 1.807) is 36.4 Å². The molecule has 4 nitrogen and oxygen atoms in total. The van der Waals surface area contributed by atoms with Crippen LogP contribution in [0.3, 0.4) is 0 Å². The zero-order valence-electron chi connectivity index (χ0n) is 12.5. The molecule has 1 aliphatic carbocycles. The number of carbonyl (C=O) groups excluding carboxylic acids is 2. The molecule has 0 saturated heterocycles. The Morgan fingerprint density at radius 3 is 2.35 bits per heavy atom. The fourth-order valence-electron chi connectivity index (χ4n) is 2.95. The molecular weight excluding hydrogens is 312 g/mol. The van der Waals surface area contributed by atoms with Gasteiger partial charge in [0.1, 0.15) is 0 Å². The van der Waals surface area contributed by atoms with Crippen LogP contribution in [0.25, 0.3) is 0 Å². The highest BCUT2D eigenvalue weighted by molar-refractivity contribution is 6.30. The highest BCUT2D eigenvalue weighted by Crippen LogP contribution is 2.44. The first kappa shape index (κ1) is 15.6. The van der Waals surface area contributed by atoms with Crippen LogP contribution in [0.2, 0.25) is 5.02 Å². The molecule has 0 spiro atoms. The molecule has 118 valence electrons. The number of anilines is 1. The van der Waals surface area contributed by atoms with Crippen molar-refractivity contribution in [1.82, 2.24) is 0 Å². The van der Waals surface area contributed by atoms with E-state index in [1.807, 2.05) is 12.1 Å². The summed E-state index contributed by atoms with van der Waals surface area (Å²) in [7, 11) is 0. The predicted molar refractivity (Wildman–Crippen MR) is 90.6 cm³/mol. The molecule has 0 aromatic heterocycles. The summed E-state index contributed by atoms with van der Waals surface area (Å²) >= 11 is 5.94. The third-order valence-corrected chi connectivity index (χ3v) is 4.70. The molecule has 0 aliphatic heterocycles. The Kier molecular flexibility index (Phi) is 4.09. The van der Waals surface area contributed by atoms with Gasteiger partial charge in [0.05, 0.1) is 5.41 Å². The molecule has 3 rings (SSSR count). The SMILES string of the molecule is NC(=O)c1cccc(NC(=O)C2(c3ccc(Cl)cc3)CCC2)c1. The molecular formula is C18H17ClN2O2. The molecule has 2 aromatic rings. The van der Waals surface area contributed by atoms with Gasteiger partial charge in [0, 0.05) is 16.3 Å². The third kappa shape index (κ3) is 2.94. The molecule has 2 amide bonds. The topological polar surface area (TPSA) is 72.2 Å². The summed E-state index contributed by atoms with van der Waals surface area (Å²) < 4.78 is 0. The van der Waals surface area contributed by atoms with E-state index in [4.69, 9.17) is 17.3 Å². The zero-order valence-corrected chi connectivity index (χ0v) is 13.3. The lowest BCUT2D eigenvalue weighted by molar-refractivity contribution is -0.124. The lowest BCUT2D eigenvalue weighted by atomic mass is 9.64. The number of benzene rings is 2. The van der Waals surface area contributed by atoms with Crippen LogP contribution in [0, 0.1) is 0 Å². The van der Waals surface area contributed by atoms with Gasteiger partial charge in [-0.3, -0.25) is 9.59 Å². The first-order valence-corrected chi connectivity index (χ1v) is 7.86. The van der Waals surface area contributed by atoms with Crippen molar-refractivity contribution in [2.45, 2.75) is 24.7 Å². The van der Waals surface area contributed by atoms with Crippen molar-refractivity contribution in [3.8, 4) is 0 Å². The minimum atomic E-state index is -0.521. The average molecular weight is 329 g/mol. The van der Waals surface area contributed by atoms with Crippen molar-refractivity contribution in [2.75, 3.05) is 5.32 Å². The van der Waals surface area contributed by atoms with E-state index in [0.29, 0.717) is 16.3 Å². The van der Waals surface area contributed by atoms with Gasteiger partial charge in [-0.2, -0.15) is 0 Å². The van der Waals surface area contributed by atoms with E-state index in [9.17, 15) is 9.59 Å². The van der Waals surface area contributed by atoms with Crippen LogP contribution in [0.15, 0.2) is 48.5 Å². The lowest BCUT2D eigenvalue weighted by Gasteiger charge is -2.40. The molecule has 0 bridgehead atoms. The van der Waals surface area contributed by atoms with E-state index in [2.05, 4.69) is 5.32 Å². The fourth-order valence-corrected chi connectivity index (χ4v) is 3.07. The molecule has 5 heteroatoms. The molecule has 0 heterocycles. The van der Waals surface area contributed by atoms with Crippen molar-refractivity contribution >= 4 is 29.1 Å². The molecule has 0 unspecified atom stereocenters. The number of halogens is 1. The van der Waals surface area contributed by atoms with E-state index >= 15 is 0 Å². The molecule has 23 heavy (non-hydrogen) atoms. The van der Waals surface area contributed by atoms with Crippen LogP contribution in [-0.4, -0.2) is 11.8 Å². The van der Waals surface area contributed by atoms with Crippen LogP contribution in [-0.2, 0) is 10.2 Å². The number of hydrogen-bond acceptors (Lipinski definition) is 2. The Hall–Kier alpha value is -2.33.